The van der Waals surface area contributed by atoms with E-state index in [1.54, 1.807) is 25.7 Å². The molecule has 0 spiro atoms. The fourth-order valence-electron chi connectivity index (χ4n) is 13.5. The summed E-state index contributed by atoms with van der Waals surface area (Å²) in [6.45, 7) is 13.3. The molecule has 4 rings (SSSR count). The molecule has 0 aromatic carbocycles. The van der Waals surface area contributed by atoms with Crippen LogP contribution in [0.15, 0.2) is 0 Å². The van der Waals surface area contributed by atoms with Crippen molar-refractivity contribution < 1.29 is 123 Å². The Labute approximate surface area is 646 Å². The third-order valence-corrected chi connectivity index (χ3v) is 20.3. The first-order chi connectivity index (χ1) is 52.1. The van der Waals surface area contributed by atoms with E-state index in [0.29, 0.717) is 168 Å². The van der Waals surface area contributed by atoms with Crippen LogP contribution in [0.2, 0.25) is 0 Å². The SMILES string of the molecule is CC(C)C.COC[C@@H]1C[C@@H](O)CN1C(=O)CCCC(=O)NC(CCC(=O)CCCCCNC(=O)CCCCCO[C@@H]1OC(CO)[C@H](O)[C@H](O)C1C)(CCC(=O)NCCCCNC(=O)CCCCCO[C@@H]1OC(CO)[C@H](O)[C@H](O)C1C)CCC(=O)NCCCCNC(=O)CCCCCO[C@@H]1OC(CO)[C@H](O)[C@H](O)C1C. The average molecular weight is 1560 g/mol. The maximum atomic E-state index is 14.1. The average Bonchev–Trinajstić information content (AvgIpc) is 1.33. The Morgan fingerprint density at radius 1 is 0.413 bits per heavy atom. The molecule has 32 nitrogen and oxygen atoms in total. The Morgan fingerprint density at radius 3 is 1.09 bits per heavy atom. The van der Waals surface area contributed by atoms with Gasteiger partial charge < -0.3 is 121 Å². The summed E-state index contributed by atoms with van der Waals surface area (Å²) in [5.41, 5.74) is -1.22. The summed E-state index contributed by atoms with van der Waals surface area (Å²) in [5.74, 6) is -2.44. The molecule has 16 N–H and O–H groups in total. The number of aliphatic hydroxyl groups excluding tert-OH is 10. The second-order valence-electron chi connectivity index (χ2n) is 30.7. The highest BCUT2D eigenvalue weighted by atomic mass is 16.7. The Hall–Kier alpha value is -4.72. The maximum Gasteiger partial charge on any atom is 0.223 e. The molecule has 4 heterocycles. The molecule has 634 valence electrons. The minimum absolute atomic E-state index is 0.0129. The van der Waals surface area contributed by atoms with Crippen molar-refractivity contribution in [2.75, 3.05) is 92.6 Å². The van der Waals surface area contributed by atoms with Crippen LogP contribution in [0.3, 0.4) is 0 Å². The van der Waals surface area contributed by atoms with Gasteiger partial charge in [0.2, 0.25) is 41.4 Å². The van der Waals surface area contributed by atoms with Gasteiger partial charge in [-0.1, -0.05) is 67.2 Å². The minimum atomic E-state index is -1.22. The predicted molar refractivity (Wildman–Crippen MR) is 402 cm³/mol. The number of Topliss-reactive ketones (excluding diaryl/α,β-unsaturated/α-hetero) is 1. The van der Waals surface area contributed by atoms with Crippen LogP contribution in [0, 0.1) is 23.7 Å². The van der Waals surface area contributed by atoms with Gasteiger partial charge in [-0.15, -0.1) is 0 Å². The summed E-state index contributed by atoms with van der Waals surface area (Å²) >= 11 is 0. The number of methoxy groups -OCH3 is 1. The highest BCUT2D eigenvalue weighted by molar-refractivity contribution is 5.82. The molecule has 109 heavy (non-hydrogen) atoms. The number of likely N-dealkylation sites (tertiary alicyclic amines) is 1. The molecule has 4 fully saturated rings. The van der Waals surface area contributed by atoms with Gasteiger partial charge in [0.15, 0.2) is 18.9 Å². The van der Waals surface area contributed by atoms with Crippen molar-refractivity contribution in [2.24, 2.45) is 23.7 Å². The number of hydrogen-bond acceptors (Lipinski definition) is 25. The third kappa shape index (κ3) is 39.7. The van der Waals surface area contributed by atoms with E-state index in [1.807, 2.05) is 0 Å². The first-order valence-electron chi connectivity index (χ1n) is 40.5. The van der Waals surface area contributed by atoms with Crippen LogP contribution in [0.5, 0.6) is 0 Å². The molecule has 0 saturated carbocycles. The topological polar surface area (TPSA) is 479 Å². The molecule has 0 aromatic heterocycles. The monoisotopic (exact) mass is 1560 g/mol. The van der Waals surface area contributed by atoms with E-state index in [-0.39, 0.29) is 138 Å². The Bertz CT molecular complexity index is 2330. The van der Waals surface area contributed by atoms with E-state index >= 15 is 0 Å². The van der Waals surface area contributed by atoms with Crippen molar-refractivity contribution in [3.8, 4) is 0 Å². The van der Waals surface area contributed by atoms with Gasteiger partial charge >= 0.3 is 0 Å². The zero-order valence-corrected chi connectivity index (χ0v) is 66.3. The predicted octanol–water partition coefficient (Wildman–Crippen LogP) is 1.85. The summed E-state index contributed by atoms with van der Waals surface area (Å²) in [5, 5.41) is 118. The van der Waals surface area contributed by atoms with E-state index in [9.17, 15) is 89.4 Å². The zero-order valence-electron chi connectivity index (χ0n) is 66.3. The van der Waals surface area contributed by atoms with Crippen LogP contribution in [-0.4, -0.2) is 287 Å². The highest BCUT2D eigenvalue weighted by Crippen LogP contribution is 2.32. The van der Waals surface area contributed by atoms with Gasteiger partial charge in [0.05, 0.1) is 56.9 Å². The number of carbonyl (C=O) groups excluding carboxylic acids is 8. The molecule has 6 unspecified atom stereocenters. The lowest BCUT2D eigenvalue weighted by molar-refractivity contribution is -0.282. The van der Waals surface area contributed by atoms with Crippen LogP contribution in [-0.2, 0) is 71.5 Å². The van der Waals surface area contributed by atoms with Gasteiger partial charge in [-0.3, -0.25) is 38.4 Å². The van der Waals surface area contributed by atoms with Crippen molar-refractivity contribution in [3.63, 3.8) is 0 Å². The van der Waals surface area contributed by atoms with Gasteiger partial charge in [-0.2, -0.15) is 0 Å². The quantitative estimate of drug-likeness (QED) is 0.0386. The molecule has 0 aliphatic carbocycles. The third-order valence-electron chi connectivity index (χ3n) is 20.3. The van der Waals surface area contributed by atoms with E-state index in [4.69, 9.17) is 33.2 Å². The number of nitrogens with zero attached hydrogens (tertiary/aromatic N) is 1. The lowest BCUT2D eigenvalue weighted by atomic mass is 9.82. The fraction of sp³-hybridized carbons (Fsp3) is 0.896. The number of carbonyl (C=O) groups is 8. The largest absolute Gasteiger partial charge is 0.394 e. The van der Waals surface area contributed by atoms with E-state index in [0.717, 1.165) is 5.92 Å². The number of amides is 7. The summed E-state index contributed by atoms with van der Waals surface area (Å²) < 4.78 is 39.4. The zero-order chi connectivity index (χ0) is 80.7. The molecule has 0 bridgehead atoms. The van der Waals surface area contributed by atoms with Gasteiger partial charge in [0.1, 0.15) is 42.4 Å². The molecule has 0 radical (unpaired) electrons. The number of unbranched alkanes of at least 4 members (excludes halogenated alkanes) is 10. The standard InChI is InChI=1S/C73H131N7O25.C4H10/c1-48-64(93)67(96)54(44-81)103-70(48)100-39-18-6-10-23-57(86)74-34-13-5-9-22-52(84)28-31-73(79-62(91)26-21-27-63(92)80-43-53(85)42-51(80)47-99-4,32-29-60(89)77-37-16-14-35-75-58(87)24-11-7-19-40-101-71-49(2)65(94)68(97)55(45-82)104-71)33-30-61(90)78-38-17-15-36-76-59(88)25-12-8-20-41-102-72-50(3)66(95)69(98)56(46-83)105-72;1-4(2)3/h48-51,53-56,64-72,81-83,85,93-98H,5-47H2,1-4H3,(H,74,86)(H,75,87)(H,76,88)(H,77,89)(H,78,90)(H,79,91);4H,1-3H3/t48?,49?,50?,51-,53+,54?,55?,56?,64+,65+,66+,67-,68-,69-,70+,71+,72+,73?;/m0./s1. The second-order valence-corrected chi connectivity index (χ2v) is 30.7. The first kappa shape index (κ1) is 98.5. The van der Waals surface area contributed by atoms with Crippen molar-refractivity contribution in [2.45, 2.75) is 326 Å². The lowest BCUT2D eigenvalue weighted by Gasteiger charge is -2.40. The number of β-amino-alcohol motifs (C(OH)–C–C–N with tert-alkyl or cyclic N) is 1. The van der Waals surface area contributed by atoms with Gasteiger partial charge in [-0.05, 0) is 115 Å². The molecule has 0 aromatic rings. The van der Waals surface area contributed by atoms with Gasteiger partial charge in [-0.25, -0.2) is 0 Å². The van der Waals surface area contributed by atoms with E-state index in [1.165, 1.54) is 7.11 Å². The van der Waals surface area contributed by atoms with Gasteiger partial charge in [0.25, 0.3) is 0 Å². The second kappa shape index (κ2) is 56.5. The molecule has 32 heteroatoms. The molecule has 7 amide bonds. The number of rotatable bonds is 56. The summed E-state index contributed by atoms with van der Waals surface area (Å²) in [6, 6.07) is -0.306. The molecule has 17 atom stereocenters. The minimum Gasteiger partial charge on any atom is -0.394 e. The van der Waals surface area contributed by atoms with Crippen molar-refractivity contribution >= 4 is 47.1 Å². The van der Waals surface area contributed by atoms with Crippen molar-refractivity contribution in [1.29, 1.82) is 0 Å². The van der Waals surface area contributed by atoms with Crippen molar-refractivity contribution in [3.05, 3.63) is 0 Å². The smallest absolute Gasteiger partial charge is 0.223 e. The van der Waals surface area contributed by atoms with Crippen LogP contribution in [0.1, 0.15) is 234 Å². The van der Waals surface area contributed by atoms with E-state index < -0.39 is 129 Å². The molecule has 4 saturated heterocycles. The fourth-order valence-corrected chi connectivity index (χ4v) is 13.5. The molecule has 4 aliphatic rings. The summed E-state index contributed by atoms with van der Waals surface area (Å²) in [7, 11) is 1.52. The Kier molecular flexibility index (Phi) is 51.0. The molecular weight excluding hydrogens is 1420 g/mol. The van der Waals surface area contributed by atoms with Crippen molar-refractivity contribution in [1.82, 2.24) is 36.8 Å². The highest BCUT2D eigenvalue weighted by Gasteiger charge is 2.45. The lowest BCUT2D eigenvalue weighted by Crippen LogP contribution is -2.55. The van der Waals surface area contributed by atoms with Crippen LogP contribution >= 0.6 is 0 Å². The summed E-state index contributed by atoms with van der Waals surface area (Å²) in [4.78, 5) is 108. The number of nitrogens with one attached hydrogen (secondary N) is 6. The number of hydrogen-bond donors (Lipinski definition) is 16. The normalized spacial score (nSPS) is 26.7. The van der Waals surface area contributed by atoms with Crippen LogP contribution < -0.4 is 31.9 Å². The molecule has 4 aliphatic heterocycles. The molecular formula is C77H141N7O25. The van der Waals surface area contributed by atoms with Crippen LogP contribution in [0.4, 0.5) is 0 Å². The summed E-state index contributed by atoms with van der Waals surface area (Å²) in [6.07, 6.45) is -1.38. The van der Waals surface area contributed by atoms with E-state index in [2.05, 4.69) is 52.7 Å². The van der Waals surface area contributed by atoms with Gasteiger partial charge in [0, 0.05) is 147 Å². The Morgan fingerprint density at radius 2 is 0.734 bits per heavy atom. The number of ketones is 1. The first-order valence-corrected chi connectivity index (χ1v) is 40.5. The number of aliphatic hydroxyl groups is 10. The Balaban J connectivity index is 0.00000750. The maximum absolute atomic E-state index is 14.1. The number of ether oxygens (including phenoxy) is 7. The van der Waals surface area contributed by atoms with Crippen LogP contribution in [0.25, 0.3) is 0 Å².